The zero-order valence-corrected chi connectivity index (χ0v) is 21.1. The van der Waals surface area contributed by atoms with Crippen LogP contribution in [0.1, 0.15) is 58.9 Å². The summed E-state index contributed by atoms with van der Waals surface area (Å²) in [4.78, 5) is 38.3. The number of hydrogen-bond donors (Lipinski definition) is 2. The van der Waals surface area contributed by atoms with E-state index in [1.54, 1.807) is 32.8 Å². The zero-order chi connectivity index (χ0) is 25.1. The van der Waals surface area contributed by atoms with Gasteiger partial charge in [-0.15, -0.1) is 0 Å². The summed E-state index contributed by atoms with van der Waals surface area (Å²) in [6.45, 7) is 9.26. The molecule has 2 N–H and O–H groups in total. The smallest absolute Gasteiger partial charge is 0.407 e. The molecule has 0 radical (unpaired) electrons. The maximum atomic E-state index is 12.4. The molecular formula is C25H39N3O6. The number of hydrogen-bond acceptors (Lipinski definition) is 6. The summed E-state index contributed by atoms with van der Waals surface area (Å²) in [5.41, 5.74) is 0.442. The van der Waals surface area contributed by atoms with Crippen molar-refractivity contribution in [2.75, 3.05) is 33.4 Å². The highest BCUT2D eigenvalue weighted by Crippen LogP contribution is 2.28. The third-order valence-corrected chi connectivity index (χ3v) is 5.39. The molecule has 9 nitrogen and oxygen atoms in total. The van der Waals surface area contributed by atoms with Crippen LogP contribution in [0.3, 0.4) is 0 Å². The van der Waals surface area contributed by atoms with Gasteiger partial charge in [-0.2, -0.15) is 0 Å². The number of aryl methyl sites for hydroxylation is 1. The summed E-state index contributed by atoms with van der Waals surface area (Å²) in [6, 6.07) is 5.78. The molecule has 1 saturated heterocycles. The number of likely N-dealkylation sites (tertiary alicyclic amines) is 1. The molecule has 0 saturated carbocycles. The molecule has 0 atom stereocenters. The number of ether oxygens (including phenoxy) is 3. The van der Waals surface area contributed by atoms with Gasteiger partial charge in [-0.25, -0.2) is 4.79 Å². The van der Waals surface area contributed by atoms with E-state index in [1.807, 2.05) is 25.1 Å². The molecule has 190 valence electrons. The van der Waals surface area contributed by atoms with E-state index in [0.29, 0.717) is 56.9 Å². The average molecular weight is 478 g/mol. The number of carbonyl (C=O) groups excluding carboxylic acids is 3. The maximum absolute atomic E-state index is 12.4. The van der Waals surface area contributed by atoms with Crippen LogP contribution in [0.4, 0.5) is 4.79 Å². The predicted octanol–water partition coefficient (Wildman–Crippen LogP) is 3.05. The molecule has 1 aliphatic rings. The lowest BCUT2D eigenvalue weighted by Gasteiger charge is -2.32. The summed E-state index contributed by atoms with van der Waals surface area (Å²) in [5.74, 6) is 1.35. The van der Waals surface area contributed by atoms with Crippen molar-refractivity contribution in [3.8, 4) is 11.5 Å². The largest absolute Gasteiger partial charge is 0.493 e. The van der Waals surface area contributed by atoms with Gasteiger partial charge in [-0.05, 0) is 64.7 Å². The molecule has 1 aromatic rings. The molecule has 1 heterocycles. The minimum atomic E-state index is -0.568. The van der Waals surface area contributed by atoms with Crippen LogP contribution in [0.15, 0.2) is 18.2 Å². The lowest BCUT2D eigenvalue weighted by Crippen LogP contribution is -2.47. The van der Waals surface area contributed by atoms with Gasteiger partial charge in [-0.1, -0.05) is 6.07 Å². The Kier molecular flexibility index (Phi) is 10.5. The minimum absolute atomic E-state index is 0.000751. The van der Waals surface area contributed by atoms with Gasteiger partial charge in [0.2, 0.25) is 11.8 Å². The molecule has 0 bridgehead atoms. The van der Waals surface area contributed by atoms with Crippen molar-refractivity contribution in [2.45, 2.75) is 71.4 Å². The third-order valence-electron chi connectivity index (χ3n) is 5.39. The molecule has 0 aliphatic carbocycles. The average Bonchev–Trinajstić information content (AvgIpc) is 2.77. The summed E-state index contributed by atoms with van der Waals surface area (Å²) in [7, 11) is 1.60. The summed E-state index contributed by atoms with van der Waals surface area (Å²) in [6.07, 6.45) is 2.12. The van der Waals surface area contributed by atoms with E-state index in [0.717, 1.165) is 5.56 Å². The van der Waals surface area contributed by atoms with Gasteiger partial charge >= 0.3 is 6.09 Å². The standard InChI is InChI=1S/C25H39N3O6/c1-6-33-20-9-7-18(17-21(20)32-5)8-10-22(29)27-19-12-15-28(16-13-19)23(30)11-14-26-24(31)34-25(2,3)4/h7,9,17,19H,6,8,10-16H2,1-5H3,(H,26,31)(H,27,29). The maximum Gasteiger partial charge on any atom is 0.407 e. The van der Waals surface area contributed by atoms with Crippen molar-refractivity contribution in [1.29, 1.82) is 0 Å². The lowest BCUT2D eigenvalue weighted by molar-refractivity contribution is -0.132. The highest BCUT2D eigenvalue weighted by atomic mass is 16.6. The second-order valence-electron chi connectivity index (χ2n) is 9.32. The highest BCUT2D eigenvalue weighted by molar-refractivity contribution is 5.78. The monoisotopic (exact) mass is 477 g/mol. The number of carbonyl (C=O) groups is 3. The Hall–Kier alpha value is -2.97. The number of benzene rings is 1. The van der Waals surface area contributed by atoms with Crippen LogP contribution in [-0.2, 0) is 20.7 Å². The minimum Gasteiger partial charge on any atom is -0.493 e. The van der Waals surface area contributed by atoms with Crippen LogP contribution >= 0.6 is 0 Å². The second kappa shape index (κ2) is 13.1. The van der Waals surface area contributed by atoms with Crippen molar-refractivity contribution < 1.29 is 28.6 Å². The van der Waals surface area contributed by atoms with Gasteiger partial charge in [0.25, 0.3) is 0 Å². The van der Waals surface area contributed by atoms with Crippen molar-refractivity contribution in [1.82, 2.24) is 15.5 Å². The molecule has 1 fully saturated rings. The Bertz CT molecular complexity index is 828. The Balaban J connectivity index is 1.67. The molecule has 34 heavy (non-hydrogen) atoms. The van der Waals surface area contributed by atoms with Crippen LogP contribution in [0, 0.1) is 0 Å². The first-order valence-corrected chi connectivity index (χ1v) is 11.9. The fourth-order valence-corrected chi connectivity index (χ4v) is 3.72. The first-order valence-electron chi connectivity index (χ1n) is 11.9. The first-order chi connectivity index (χ1) is 16.1. The van der Waals surface area contributed by atoms with Crippen molar-refractivity contribution in [3.63, 3.8) is 0 Å². The number of piperidine rings is 1. The summed E-state index contributed by atoms with van der Waals surface area (Å²) < 4.78 is 16.1. The van der Waals surface area contributed by atoms with Crippen molar-refractivity contribution >= 4 is 17.9 Å². The second-order valence-corrected chi connectivity index (χ2v) is 9.32. The molecule has 9 heteroatoms. The highest BCUT2D eigenvalue weighted by Gasteiger charge is 2.24. The number of alkyl carbamates (subject to hydrolysis) is 1. The molecule has 0 spiro atoms. The molecule has 1 aliphatic heterocycles. The van der Waals surface area contributed by atoms with E-state index in [4.69, 9.17) is 14.2 Å². The summed E-state index contributed by atoms with van der Waals surface area (Å²) in [5, 5.41) is 5.69. The fourth-order valence-electron chi connectivity index (χ4n) is 3.72. The third kappa shape index (κ3) is 9.49. The van der Waals surface area contributed by atoms with E-state index in [-0.39, 0.29) is 30.8 Å². The topological polar surface area (TPSA) is 106 Å². The molecule has 0 aromatic heterocycles. The fraction of sp³-hybridized carbons (Fsp3) is 0.640. The zero-order valence-electron chi connectivity index (χ0n) is 21.1. The Morgan fingerprint density at radius 1 is 1.09 bits per heavy atom. The van der Waals surface area contributed by atoms with E-state index >= 15 is 0 Å². The van der Waals surface area contributed by atoms with Crippen molar-refractivity contribution in [3.05, 3.63) is 23.8 Å². The molecule has 2 rings (SSSR count). The van der Waals surface area contributed by atoms with Crippen LogP contribution in [0.5, 0.6) is 11.5 Å². The summed E-state index contributed by atoms with van der Waals surface area (Å²) >= 11 is 0. The lowest BCUT2D eigenvalue weighted by atomic mass is 10.0. The van der Waals surface area contributed by atoms with E-state index < -0.39 is 11.7 Å². The SMILES string of the molecule is CCOc1ccc(CCC(=O)NC2CCN(C(=O)CCNC(=O)OC(C)(C)C)CC2)cc1OC. The Morgan fingerprint density at radius 2 is 1.79 bits per heavy atom. The molecule has 3 amide bonds. The predicted molar refractivity (Wildman–Crippen MR) is 129 cm³/mol. The number of nitrogens with one attached hydrogen (secondary N) is 2. The van der Waals surface area contributed by atoms with Gasteiger partial charge in [0.1, 0.15) is 5.60 Å². The Morgan fingerprint density at radius 3 is 2.41 bits per heavy atom. The van der Waals surface area contributed by atoms with Crippen LogP contribution in [-0.4, -0.2) is 67.8 Å². The molecule has 1 aromatic carbocycles. The number of amides is 3. The van der Waals surface area contributed by atoms with Crippen LogP contribution in [0.25, 0.3) is 0 Å². The van der Waals surface area contributed by atoms with E-state index in [2.05, 4.69) is 10.6 Å². The van der Waals surface area contributed by atoms with Crippen LogP contribution < -0.4 is 20.1 Å². The van der Waals surface area contributed by atoms with Gasteiger partial charge < -0.3 is 29.7 Å². The van der Waals surface area contributed by atoms with E-state index in [9.17, 15) is 14.4 Å². The van der Waals surface area contributed by atoms with Gasteiger partial charge in [0.05, 0.1) is 13.7 Å². The van der Waals surface area contributed by atoms with Crippen LogP contribution in [0.2, 0.25) is 0 Å². The van der Waals surface area contributed by atoms with Gasteiger partial charge in [-0.3, -0.25) is 9.59 Å². The number of rotatable bonds is 10. The Labute approximate surface area is 202 Å². The van der Waals surface area contributed by atoms with Gasteiger partial charge in [0, 0.05) is 38.5 Å². The van der Waals surface area contributed by atoms with Gasteiger partial charge in [0.15, 0.2) is 11.5 Å². The normalized spacial score (nSPS) is 14.3. The molecular weight excluding hydrogens is 438 g/mol. The first kappa shape index (κ1) is 27.3. The quantitative estimate of drug-likeness (QED) is 0.537. The number of methoxy groups -OCH3 is 1. The van der Waals surface area contributed by atoms with E-state index in [1.165, 1.54) is 0 Å². The number of nitrogens with zero attached hydrogens (tertiary/aromatic N) is 1. The molecule has 0 unspecified atom stereocenters. The van der Waals surface area contributed by atoms with Crippen molar-refractivity contribution in [2.24, 2.45) is 0 Å².